The maximum absolute atomic E-state index is 13.7. The van der Waals surface area contributed by atoms with E-state index in [9.17, 15) is 18.0 Å². The van der Waals surface area contributed by atoms with Gasteiger partial charge in [0.15, 0.2) is 5.65 Å². The Morgan fingerprint density at radius 2 is 1.80 bits per heavy atom. The molecule has 0 spiro atoms. The van der Waals surface area contributed by atoms with Gasteiger partial charge in [-0.15, -0.1) is 11.3 Å². The number of nitrogen functional groups attached to an aromatic ring is 1. The number of aromatic amines is 1. The van der Waals surface area contributed by atoms with Gasteiger partial charge >= 0.3 is 0 Å². The standard InChI is InChI=1S/C42H40N12O4S2/c1-51-37-33(38-40(51)48-35(59-38)21-29-13-15-45-49-29)22-46-54(42(37)56)24-30-11-12-31(39(43)47-30)32-20-27(32)23-52-16-18-53(19-17-52)41(55)26-7-9-28(10-8-26)50-60(57,58)34-6-2-4-25-5-3-14-44-36(25)34/h2-15,22,27,32,50H,16-21,23-24H2,1H3,(H2,43,47)(H,45,49). The molecule has 6 aromatic heterocycles. The number of piperazine rings is 1. The minimum atomic E-state index is -3.90. The van der Waals surface area contributed by atoms with Crippen LogP contribution in [-0.4, -0.2) is 96.3 Å². The van der Waals surface area contributed by atoms with Crippen LogP contribution in [-0.2, 0) is 30.0 Å². The Morgan fingerprint density at radius 1 is 0.983 bits per heavy atom. The van der Waals surface area contributed by atoms with Gasteiger partial charge in [-0.1, -0.05) is 24.3 Å². The number of anilines is 2. The Labute approximate surface area is 347 Å². The van der Waals surface area contributed by atoms with Crippen molar-refractivity contribution in [2.75, 3.05) is 43.2 Å². The molecule has 10 rings (SSSR count). The zero-order valence-electron chi connectivity index (χ0n) is 32.5. The lowest BCUT2D eigenvalue weighted by Gasteiger charge is -2.35. The number of nitrogens with two attached hydrogens (primary N) is 1. The van der Waals surface area contributed by atoms with Gasteiger partial charge in [0.25, 0.3) is 21.5 Å². The quantitative estimate of drug-likeness (QED) is 0.164. The van der Waals surface area contributed by atoms with Gasteiger partial charge in [-0.25, -0.2) is 23.1 Å². The molecule has 2 unspecified atom stereocenters. The summed E-state index contributed by atoms with van der Waals surface area (Å²) in [4.78, 5) is 45.2. The van der Waals surface area contributed by atoms with Crippen molar-refractivity contribution >= 4 is 70.9 Å². The Bertz CT molecular complexity index is 3090. The van der Waals surface area contributed by atoms with E-state index in [0.29, 0.717) is 65.1 Å². The molecule has 18 heteroatoms. The van der Waals surface area contributed by atoms with Crippen molar-refractivity contribution in [1.29, 1.82) is 0 Å². The molecule has 16 nitrogen and oxygen atoms in total. The second-order valence-corrected chi connectivity index (χ2v) is 18.2. The molecule has 1 aliphatic heterocycles. The summed E-state index contributed by atoms with van der Waals surface area (Å²) in [5.41, 5.74) is 11.5. The molecule has 1 amide bonds. The van der Waals surface area contributed by atoms with Gasteiger partial charge in [0.1, 0.15) is 21.2 Å². The van der Waals surface area contributed by atoms with E-state index in [4.69, 9.17) is 15.7 Å². The Morgan fingerprint density at radius 3 is 2.58 bits per heavy atom. The SMILES string of the molecule is Cn1c2nc(Cc3cc[nH]n3)sc2c2cnn(Cc3ccc(C4CC4CN4CCN(C(=O)c5ccc(NS(=O)(=O)c6cccc7cccnc67)cc5)CC4)c(N)n3)c(=O)c21. The smallest absolute Gasteiger partial charge is 0.291 e. The highest BCUT2D eigenvalue weighted by molar-refractivity contribution is 7.93. The first-order valence-electron chi connectivity index (χ1n) is 19.7. The molecule has 304 valence electrons. The van der Waals surface area contributed by atoms with Gasteiger partial charge in [0.2, 0.25) is 0 Å². The summed E-state index contributed by atoms with van der Waals surface area (Å²) < 4.78 is 33.3. The molecule has 4 N–H and O–H groups in total. The van der Waals surface area contributed by atoms with E-state index in [1.807, 2.05) is 46.8 Å². The molecule has 8 aromatic rings. The molecule has 7 heterocycles. The topological polar surface area (TPSA) is 203 Å². The number of aryl methyl sites for hydroxylation is 1. The number of benzene rings is 2. The van der Waals surface area contributed by atoms with Crippen molar-refractivity contribution in [3.8, 4) is 0 Å². The number of carbonyl (C=O) groups is 1. The largest absolute Gasteiger partial charge is 0.383 e. The number of carbonyl (C=O) groups excluding carboxylic acids is 1. The van der Waals surface area contributed by atoms with Gasteiger partial charge in [0, 0.05) is 80.6 Å². The Hall–Kier alpha value is -6.50. The maximum atomic E-state index is 13.7. The number of aromatic nitrogens is 8. The Balaban J connectivity index is 0.726. The van der Waals surface area contributed by atoms with Gasteiger partial charge in [0.05, 0.1) is 34.3 Å². The molecule has 1 aliphatic carbocycles. The number of nitrogens with one attached hydrogen (secondary N) is 2. The summed E-state index contributed by atoms with van der Waals surface area (Å²) in [7, 11) is -2.04. The maximum Gasteiger partial charge on any atom is 0.291 e. The number of fused-ring (bicyclic) bond motifs is 4. The molecule has 60 heavy (non-hydrogen) atoms. The minimum absolute atomic E-state index is 0.0841. The fourth-order valence-corrected chi connectivity index (χ4v) is 10.7. The van der Waals surface area contributed by atoms with E-state index in [-0.39, 0.29) is 22.9 Å². The second kappa shape index (κ2) is 15.0. The van der Waals surface area contributed by atoms with E-state index < -0.39 is 10.0 Å². The zero-order chi connectivity index (χ0) is 41.1. The number of amides is 1. The van der Waals surface area contributed by atoms with E-state index in [1.54, 1.807) is 66.3 Å². The zero-order valence-corrected chi connectivity index (χ0v) is 34.2. The van der Waals surface area contributed by atoms with Crippen molar-refractivity contribution in [1.82, 2.24) is 49.3 Å². The van der Waals surface area contributed by atoms with Crippen molar-refractivity contribution in [2.24, 2.45) is 13.0 Å². The highest BCUT2D eigenvalue weighted by atomic mass is 32.2. The molecule has 0 bridgehead atoms. The summed E-state index contributed by atoms with van der Waals surface area (Å²) in [6, 6.07) is 21.0. The minimum Gasteiger partial charge on any atom is -0.383 e. The lowest BCUT2D eigenvalue weighted by Crippen LogP contribution is -2.49. The number of hydrogen-bond acceptors (Lipinski definition) is 12. The summed E-state index contributed by atoms with van der Waals surface area (Å²) >= 11 is 1.55. The highest BCUT2D eigenvalue weighted by Crippen LogP contribution is 2.49. The van der Waals surface area contributed by atoms with Crippen LogP contribution in [0.4, 0.5) is 11.5 Å². The van der Waals surface area contributed by atoms with Crippen molar-refractivity contribution in [3.63, 3.8) is 0 Å². The fraction of sp³-hybridized carbons (Fsp3) is 0.262. The third-order valence-corrected chi connectivity index (χ3v) is 14.0. The predicted octanol–water partition coefficient (Wildman–Crippen LogP) is 4.59. The van der Waals surface area contributed by atoms with Gasteiger partial charge in [-0.05, 0) is 72.4 Å². The van der Waals surface area contributed by atoms with E-state index in [2.05, 4.69) is 29.9 Å². The van der Waals surface area contributed by atoms with Crippen LogP contribution in [0.3, 0.4) is 0 Å². The molecule has 2 aliphatic rings. The number of pyridine rings is 2. The van der Waals surface area contributed by atoms with Crippen LogP contribution < -0.4 is 16.0 Å². The molecule has 2 aromatic carbocycles. The molecule has 2 fully saturated rings. The molecule has 1 saturated carbocycles. The number of nitrogens with zero attached hydrogens (tertiary/aromatic N) is 9. The first-order chi connectivity index (χ1) is 29.1. The fourth-order valence-electron chi connectivity index (χ4n) is 8.31. The van der Waals surface area contributed by atoms with E-state index in [1.165, 1.54) is 10.7 Å². The first kappa shape index (κ1) is 37.7. The van der Waals surface area contributed by atoms with E-state index >= 15 is 0 Å². The molecular weight excluding hydrogens is 801 g/mol. The number of hydrogen-bond donors (Lipinski definition) is 3. The predicted molar refractivity (Wildman–Crippen MR) is 229 cm³/mol. The van der Waals surface area contributed by atoms with Gasteiger partial charge in [-0.2, -0.15) is 10.2 Å². The van der Waals surface area contributed by atoms with Crippen molar-refractivity contribution < 1.29 is 13.2 Å². The van der Waals surface area contributed by atoms with Crippen LogP contribution in [0.5, 0.6) is 0 Å². The van der Waals surface area contributed by atoms with Crippen LogP contribution in [0.2, 0.25) is 0 Å². The van der Waals surface area contributed by atoms with E-state index in [0.717, 1.165) is 63.4 Å². The summed E-state index contributed by atoms with van der Waals surface area (Å²) in [6.45, 7) is 3.81. The summed E-state index contributed by atoms with van der Waals surface area (Å²) in [5, 5.41) is 14.0. The monoisotopic (exact) mass is 840 g/mol. The van der Waals surface area contributed by atoms with Crippen LogP contribution in [0, 0.1) is 5.92 Å². The first-order valence-corrected chi connectivity index (χ1v) is 22.0. The van der Waals surface area contributed by atoms with Crippen LogP contribution >= 0.6 is 11.3 Å². The van der Waals surface area contributed by atoms with Crippen LogP contribution in [0.15, 0.2) is 101 Å². The summed E-state index contributed by atoms with van der Waals surface area (Å²) in [5.74, 6) is 1.13. The average Bonchev–Trinajstić information content (AvgIpc) is 3.51. The lowest BCUT2D eigenvalue weighted by molar-refractivity contribution is 0.0631. The molecule has 0 radical (unpaired) electrons. The normalized spacial score (nSPS) is 17.2. The second-order valence-electron chi connectivity index (χ2n) is 15.4. The van der Waals surface area contributed by atoms with Crippen LogP contribution in [0.1, 0.15) is 44.7 Å². The van der Waals surface area contributed by atoms with Gasteiger partial charge < -0.3 is 15.2 Å². The van der Waals surface area contributed by atoms with Crippen LogP contribution in [0.25, 0.3) is 32.2 Å². The van der Waals surface area contributed by atoms with Crippen molar-refractivity contribution in [2.45, 2.75) is 30.2 Å². The average molecular weight is 841 g/mol. The highest BCUT2D eigenvalue weighted by Gasteiger charge is 2.41. The summed E-state index contributed by atoms with van der Waals surface area (Å²) in [6.07, 6.45) is 6.71. The number of rotatable bonds is 11. The van der Waals surface area contributed by atoms with Crippen molar-refractivity contribution in [3.05, 3.63) is 129 Å². The molecule has 1 saturated heterocycles. The molecular formula is C42H40N12O4S2. The number of sulfonamides is 1. The number of H-pyrrole nitrogens is 1. The lowest BCUT2D eigenvalue weighted by atomic mass is 10.1. The third-order valence-electron chi connectivity index (χ3n) is 11.5. The Kier molecular flexibility index (Phi) is 9.41. The van der Waals surface area contributed by atoms with Gasteiger partial charge in [-0.3, -0.25) is 29.3 Å². The third kappa shape index (κ3) is 7.05. The number of thiazole rings is 1. The number of para-hydroxylation sites is 1. The molecule has 2 atom stereocenters.